The van der Waals surface area contributed by atoms with E-state index in [9.17, 15) is 4.79 Å². The molecule has 0 radical (unpaired) electrons. The van der Waals surface area contributed by atoms with Crippen molar-refractivity contribution in [2.45, 2.75) is 39.7 Å². The first-order chi connectivity index (χ1) is 12.0. The third-order valence-electron chi connectivity index (χ3n) is 5.18. The fourth-order valence-corrected chi connectivity index (χ4v) is 4.06. The summed E-state index contributed by atoms with van der Waals surface area (Å²) >= 11 is 0. The zero-order valence-electron chi connectivity index (χ0n) is 15.0. The Bertz CT molecular complexity index is 936. The molecule has 4 rings (SSSR count). The van der Waals surface area contributed by atoms with Crippen LogP contribution in [0.4, 0.5) is 0 Å². The molecule has 0 aliphatic carbocycles. The molecule has 0 unspecified atom stereocenters. The van der Waals surface area contributed by atoms with Gasteiger partial charge in [0.1, 0.15) is 0 Å². The number of likely N-dealkylation sites (tertiary alicyclic amines) is 1. The molecule has 3 heterocycles. The normalized spacial score (nSPS) is 18.0. The summed E-state index contributed by atoms with van der Waals surface area (Å²) in [5.41, 5.74) is 4.98. The highest BCUT2D eigenvalue weighted by Crippen LogP contribution is 2.28. The fourth-order valence-electron chi connectivity index (χ4n) is 4.06. The van der Waals surface area contributed by atoms with E-state index in [1.807, 2.05) is 43.0 Å². The fraction of sp³-hybridized carbons (Fsp3) is 0.400. The number of para-hydroxylation sites is 1. The Labute approximate surface area is 147 Å². The number of piperidine rings is 1. The molecule has 0 saturated carbocycles. The highest BCUT2D eigenvalue weighted by molar-refractivity contribution is 6.08. The van der Waals surface area contributed by atoms with Crippen LogP contribution < -0.4 is 0 Å². The van der Waals surface area contributed by atoms with Crippen LogP contribution in [0.25, 0.3) is 10.9 Å². The molecule has 2 aromatic heterocycles. The summed E-state index contributed by atoms with van der Waals surface area (Å²) in [5.74, 6) is 0.126. The molecular formula is C20H24N4O. The zero-order valence-corrected chi connectivity index (χ0v) is 15.0. The Hall–Kier alpha value is -2.56. The second-order valence-corrected chi connectivity index (χ2v) is 7.09. The van der Waals surface area contributed by atoms with Gasteiger partial charge in [0.2, 0.25) is 0 Å². The van der Waals surface area contributed by atoms with Crippen LogP contribution in [0.1, 0.15) is 46.3 Å². The molecule has 25 heavy (non-hydrogen) atoms. The molecule has 1 aromatic carbocycles. The summed E-state index contributed by atoms with van der Waals surface area (Å²) in [6.07, 6.45) is 2.08. The van der Waals surface area contributed by atoms with E-state index in [1.54, 1.807) is 0 Å². The van der Waals surface area contributed by atoms with E-state index in [4.69, 9.17) is 0 Å². The predicted molar refractivity (Wildman–Crippen MR) is 98.9 cm³/mol. The van der Waals surface area contributed by atoms with Gasteiger partial charge in [0, 0.05) is 35.4 Å². The van der Waals surface area contributed by atoms with E-state index in [0.717, 1.165) is 53.8 Å². The molecule has 1 atom stereocenters. The molecule has 1 fully saturated rings. The average Bonchev–Trinajstić information content (AvgIpc) is 3.12. The maximum Gasteiger partial charge on any atom is 0.256 e. The number of carbonyl (C=O) groups is 1. The maximum atomic E-state index is 13.2. The molecule has 0 spiro atoms. The van der Waals surface area contributed by atoms with Crippen molar-refractivity contribution in [3.8, 4) is 0 Å². The number of H-pyrrole nitrogens is 1. The Morgan fingerprint density at radius 2 is 2.04 bits per heavy atom. The van der Waals surface area contributed by atoms with Gasteiger partial charge in [0.15, 0.2) is 0 Å². The molecule has 5 heteroatoms. The summed E-state index contributed by atoms with van der Waals surface area (Å²) in [5, 5.41) is 5.64. The summed E-state index contributed by atoms with van der Waals surface area (Å²) in [6.45, 7) is 7.62. The van der Waals surface area contributed by atoms with Crippen LogP contribution in [-0.2, 0) is 0 Å². The van der Waals surface area contributed by atoms with Crippen molar-refractivity contribution >= 4 is 16.8 Å². The molecule has 1 aliphatic rings. The molecule has 1 aliphatic heterocycles. The number of rotatable bonds is 2. The van der Waals surface area contributed by atoms with E-state index < -0.39 is 0 Å². The standard InChI is InChI=1S/C20H24N4O/c1-13-11-14(2)24(22-13)16-7-6-10-23(12-16)20(25)19-15(3)21-18-9-5-4-8-17(18)19/h4-5,8-9,11,16,21H,6-7,10,12H2,1-3H3/t16-/m1/s1. The minimum absolute atomic E-state index is 0.126. The van der Waals surface area contributed by atoms with E-state index in [0.29, 0.717) is 0 Å². The summed E-state index contributed by atoms with van der Waals surface area (Å²) in [6, 6.07) is 10.4. The number of aryl methyl sites for hydroxylation is 3. The summed E-state index contributed by atoms with van der Waals surface area (Å²) in [7, 11) is 0. The number of carbonyl (C=O) groups excluding carboxylic acids is 1. The van der Waals surface area contributed by atoms with Gasteiger partial charge in [-0.15, -0.1) is 0 Å². The number of hydrogen-bond acceptors (Lipinski definition) is 2. The third kappa shape index (κ3) is 2.73. The van der Waals surface area contributed by atoms with Crippen molar-refractivity contribution in [1.82, 2.24) is 19.7 Å². The van der Waals surface area contributed by atoms with E-state index in [1.165, 1.54) is 5.69 Å². The highest BCUT2D eigenvalue weighted by Gasteiger charge is 2.29. The van der Waals surface area contributed by atoms with E-state index in [2.05, 4.69) is 27.8 Å². The smallest absolute Gasteiger partial charge is 0.256 e. The van der Waals surface area contributed by atoms with Crippen molar-refractivity contribution in [1.29, 1.82) is 0 Å². The number of amides is 1. The van der Waals surface area contributed by atoms with Crippen LogP contribution in [0, 0.1) is 20.8 Å². The lowest BCUT2D eigenvalue weighted by atomic mass is 10.0. The Kier molecular flexibility index (Phi) is 3.86. The van der Waals surface area contributed by atoms with Gasteiger partial charge < -0.3 is 9.88 Å². The minimum Gasteiger partial charge on any atom is -0.358 e. The van der Waals surface area contributed by atoms with Gasteiger partial charge in [-0.2, -0.15) is 5.10 Å². The first kappa shape index (κ1) is 15.9. The third-order valence-corrected chi connectivity index (χ3v) is 5.18. The van der Waals surface area contributed by atoms with Crippen molar-refractivity contribution < 1.29 is 4.79 Å². The maximum absolute atomic E-state index is 13.2. The quantitative estimate of drug-likeness (QED) is 0.774. The van der Waals surface area contributed by atoms with Crippen molar-refractivity contribution in [3.63, 3.8) is 0 Å². The van der Waals surface area contributed by atoms with Gasteiger partial charge in [0.25, 0.3) is 5.91 Å². The van der Waals surface area contributed by atoms with Crippen LogP contribution in [0.5, 0.6) is 0 Å². The van der Waals surface area contributed by atoms with Gasteiger partial charge in [-0.05, 0) is 45.7 Å². The van der Waals surface area contributed by atoms with Crippen LogP contribution in [0.15, 0.2) is 30.3 Å². The SMILES string of the molecule is Cc1cc(C)n([C@@H]2CCCN(C(=O)c3c(C)[nH]c4ccccc34)C2)n1. The monoisotopic (exact) mass is 336 g/mol. The topological polar surface area (TPSA) is 53.9 Å². The molecule has 1 amide bonds. The van der Waals surface area contributed by atoms with Crippen LogP contribution in [0.3, 0.4) is 0 Å². The van der Waals surface area contributed by atoms with Crippen molar-refractivity contribution in [3.05, 3.63) is 53.0 Å². The average molecular weight is 336 g/mol. The molecule has 0 bridgehead atoms. The number of aromatic nitrogens is 3. The first-order valence-electron chi connectivity index (χ1n) is 8.94. The number of fused-ring (bicyclic) bond motifs is 1. The molecule has 5 nitrogen and oxygen atoms in total. The number of hydrogen-bond donors (Lipinski definition) is 1. The Morgan fingerprint density at radius 3 is 2.80 bits per heavy atom. The Morgan fingerprint density at radius 1 is 1.24 bits per heavy atom. The van der Waals surface area contributed by atoms with Crippen molar-refractivity contribution in [2.75, 3.05) is 13.1 Å². The van der Waals surface area contributed by atoms with Crippen LogP contribution >= 0.6 is 0 Å². The van der Waals surface area contributed by atoms with Crippen molar-refractivity contribution in [2.24, 2.45) is 0 Å². The lowest BCUT2D eigenvalue weighted by molar-refractivity contribution is 0.0673. The van der Waals surface area contributed by atoms with Gasteiger partial charge in [-0.25, -0.2) is 0 Å². The molecule has 130 valence electrons. The lowest BCUT2D eigenvalue weighted by Crippen LogP contribution is -2.41. The predicted octanol–water partition coefficient (Wildman–Crippen LogP) is 3.77. The molecular weight excluding hydrogens is 312 g/mol. The molecule has 3 aromatic rings. The number of aromatic amines is 1. The second-order valence-electron chi connectivity index (χ2n) is 7.09. The van der Waals surface area contributed by atoms with Crippen LogP contribution in [-0.4, -0.2) is 38.7 Å². The van der Waals surface area contributed by atoms with Gasteiger partial charge in [0.05, 0.1) is 17.3 Å². The van der Waals surface area contributed by atoms with Gasteiger partial charge in [-0.3, -0.25) is 9.48 Å². The summed E-state index contributed by atoms with van der Waals surface area (Å²) in [4.78, 5) is 18.6. The van der Waals surface area contributed by atoms with E-state index in [-0.39, 0.29) is 11.9 Å². The number of benzene rings is 1. The summed E-state index contributed by atoms with van der Waals surface area (Å²) < 4.78 is 2.09. The minimum atomic E-state index is 0.126. The van der Waals surface area contributed by atoms with Gasteiger partial charge >= 0.3 is 0 Å². The Balaban J connectivity index is 1.63. The molecule has 1 N–H and O–H groups in total. The largest absolute Gasteiger partial charge is 0.358 e. The molecule has 1 saturated heterocycles. The van der Waals surface area contributed by atoms with Gasteiger partial charge in [-0.1, -0.05) is 18.2 Å². The van der Waals surface area contributed by atoms with E-state index >= 15 is 0 Å². The van der Waals surface area contributed by atoms with Crippen LogP contribution in [0.2, 0.25) is 0 Å². The number of nitrogens with one attached hydrogen (secondary N) is 1. The lowest BCUT2D eigenvalue weighted by Gasteiger charge is -2.33. The number of nitrogens with zero attached hydrogens (tertiary/aromatic N) is 3. The first-order valence-corrected chi connectivity index (χ1v) is 8.94. The zero-order chi connectivity index (χ0) is 17.6. The second kappa shape index (κ2) is 6.06. The highest BCUT2D eigenvalue weighted by atomic mass is 16.2.